The molecule has 0 spiro atoms. The molecule has 0 aliphatic rings. The summed E-state index contributed by atoms with van der Waals surface area (Å²) in [6.45, 7) is 3.47. The number of benzene rings is 1. The zero-order valence-electron chi connectivity index (χ0n) is 13.0. The normalized spacial score (nSPS) is 12.0. The van der Waals surface area contributed by atoms with Crippen LogP contribution in [-0.2, 0) is 22.2 Å². The van der Waals surface area contributed by atoms with Crippen LogP contribution in [0, 0.1) is 5.41 Å². The van der Waals surface area contributed by atoms with Crippen molar-refractivity contribution in [3.8, 4) is 0 Å². The van der Waals surface area contributed by atoms with E-state index < -0.39 is 29.0 Å². The first-order valence-corrected chi connectivity index (χ1v) is 7.31. The van der Waals surface area contributed by atoms with E-state index in [-0.39, 0.29) is 13.0 Å². The lowest BCUT2D eigenvalue weighted by molar-refractivity contribution is -0.149. The summed E-state index contributed by atoms with van der Waals surface area (Å²) >= 11 is 0. The summed E-state index contributed by atoms with van der Waals surface area (Å²) in [5.74, 6) is -1.39. The van der Waals surface area contributed by atoms with Crippen molar-refractivity contribution in [2.45, 2.75) is 39.3 Å². The minimum absolute atomic E-state index is 0.00516. The van der Waals surface area contributed by atoms with E-state index in [1.165, 1.54) is 12.1 Å². The van der Waals surface area contributed by atoms with Gasteiger partial charge in [0.2, 0.25) is 5.91 Å². The van der Waals surface area contributed by atoms with Crippen LogP contribution in [0.2, 0.25) is 0 Å². The molecule has 1 amide bonds. The van der Waals surface area contributed by atoms with Crippen LogP contribution in [-0.4, -0.2) is 23.5 Å². The molecule has 0 saturated heterocycles. The molecule has 0 saturated carbocycles. The SMILES string of the molecule is CCC(CC)(CNC(=O)Cc1ccc(C(F)(F)F)cc1)C(=O)O. The maximum Gasteiger partial charge on any atom is 0.416 e. The van der Waals surface area contributed by atoms with Crippen LogP contribution < -0.4 is 5.32 Å². The zero-order chi connectivity index (χ0) is 17.7. The lowest BCUT2D eigenvalue weighted by Crippen LogP contribution is -2.42. The van der Waals surface area contributed by atoms with E-state index in [9.17, 15) is 27.9 Å². The van der Waals surface area contributed by atoms with Crippen molar-refractivity contribution in [1.82, 2.24) is 5.32 Å². The quantitative estimate of drug-likeness (QED) is 0.806. The molecule has 2 N–H and O–H groups in total. The van der Waals surface area contributed by atoms with Gasteiger partial charge in [-0.1, -0.05) is 26.0 Å². The van der Waals surface area contributed by atoms with Crippen LogP contribution in [0.5, 0.6) is 0 Å². The second-order valence-corrected chi connectivity index (χ2v) is 5.44. The highest BCUT2D eigenvalue weighted by molar-refractivity contribution is 5.80. The van der Waals surface area contributed by atoms with Gasteiger partial charge in [-0.25, -0.2) is 0 Å². The summed E-state index contributed by atoms with van der Waals surface area (Å²) in [4.78, 5) is 23.2. The lowest BCUT2D eigenvalue weighted by Gasteiger charge is -2.26. The molecule has 128 valence electrons. The van der Waals surface area contributed by atoms with Crippen LogP contribution in [0.4, 0.5) is 13.2 Å². The molecule has 0 heterocycles. The number of aliphatic carboxylic acids is 1. The molecule has 0 radical (unpaired) electrons. The Morgan fingerprint density at radius 2 is 1.61 bits per heavy atom. The van der Waals surface area contributed by atoms with Crippen LogP contribution >= 0.6 is 0 Å². The average Bonchev–Trinajstić information content (AvgIpc) is 2.48. The monoisotopic (exact) mass is 331 g/mol. The Labute approximate surface area is 132 Å². The Bertz CT molecular complexity index is 549. The van der Waals surface area contributed by atoms with Crippen LogP contribution in [0.15, 0.2) is 24.3 Å². The number of hydrogen-bond donors (Lipinski definition) is 2. The molecule has 1 rings (SSSR count). The third-order valence-electron chi connectivity index (χ3n) is 4.08. The molecule has 0 aliphatic heterocycles. The fraction of sp³-hybridized carbons (Fsp3) is 0.500. The standard InChI is InChI=1S/C16H20F3NO3/c1-3-15(4-2,14(22)23)10-20-13(21)9-11-5-7-12(8-6-11)16(17,18)19/h5-8H,3-4,9-10H2,1-2H3,(H,20,21)(H,22,23). The minimum Gasteiger partial charge on any atom is -0.481 e. The minimum atomic E-state index is -4.41. The fourth-order valence-electron chi connectivity index (χ4n) is 2.21. The first-order chi connectivity index (χ1) is 10.6. The number of carbonyl (C=O) groups excluding carboxylic acids is 1. The fourth-order valence-corrected chi connectivity index (χ4v) is 2.21. The predicted molar refractivity (Wildman–Crippen MR) is 78.8 cm³/mol. The molecule has 23 heavy (non-hydrogen) atoms. The van der Waals surface area contributed by atoms with Gasteiger partial charge in [0.15, 0.2) is 0 Å². The molecule has 0 unspecified atom stereocenters. The third kappa shape index (κ3) is 4.97. The number of alkyl halides is 3. The van der Waals surface area contributed by atoms with Gasteiger partial charge in [0.1, 0.15) is 0 Å². The summed E-state index contributed by atoms with van der Waals surface area (Å²) < 4.78 is 37.4. The molecular weight excluding hydrogens is 311 g/mol. The second-order valence-electron chi connectivity index (χ2n) is 5.44. The zero-order valence-corrected chi connectivity index (χ0v) is 13.0. The molecule has 7 heteroatoms. The summed E-state index contributed by atoms with van der Waals surface area (Å²) in [6, 6.07) is 4.32. The first kappa shape index (κ1) is 19.0. The Hall–Kier alpha value is -2.05. The largest absolute Gasteiger partial charge is 0.481 e. The van der Waals surface area contributed by atoms with E-state index in [2.05, 4.69) is 5.32 Å². The van der Waals surface area contributed by atoms with Crippen molar-refractivity contribution in [1.29, 1.82) is 0 Å². The summed E-state index contributed by atoms with van der Waals surface area (Å²) in [7, 11) is 0. The molecule has 1 aromatic carbocycles. The number of rotatable bonds is 7. The van der Waals surface area contributed by atoms with Gasteiger partial charge >= 0.3 is 12.1 Å². The highest BCUT2D eigenvalue weighted by Crippen LogP contribution is 2.29. The Morgan fingerprint density at radius 1 is 1.09 bits per heavy atom. The molecule has 0 fully saturated rings. The van der Waals surface area contributed by atoms with Crippen molar-refractivity contribution in [3.63, 3.8) is 0 Å². The molecule has 0 atom stereocenters. The number of carboxylic acid groups (broad SMARTS) is 1. The van der Waals surface area contributed by atoms with Gasteiger partial charge in [-0.2, -0.15) is 13.2 Å². The third-order valence-corrected chi connectivity index (χ3v) is 4.08. The molecule has 0 bridgehead atoms. The van der Waals surface area contributed by atoms with Crippen molar-refractivity contribution in [2.24, 2.45) is 5.41 Å². The number of halogens is 3. The van der Waals surface area contributed by atoms with Gasteiger partial charge in [-0.3, -0.25) is 9.59 Å². The van der Waals surface area contributed by atoms with Gasteiger partial charge < -0.3 is 10.4 Å². The van der Waals surface area contributed by atoms with Gasteiger partial charge in [0.05, 0.1) is 17.4 Å². The van der Waals surface area contributed by atoms with Gasteiger partial charge in [-0.15, -0.1) is 0 Å². The number of nitrogens with one attached hydrogen (secondary N) is 1. The molecular formula is C16H20F3NO3. The Kier molecular flexibility index (Phi) is 6.18. The number of carboxylic acids is 1. The topological polar surface area (TPSA) is 66.4 Å². The predicted octanol–water partition coefficient (Wildman–Crippen LogP) is 3.26. The summed E-state index contributed by atoms with van der Waals surface area (Å²) in [6.07, 6.45) is -3.76. The van der Waals surface area contributed by atoms with Crippen LogP contribution in [0.1, 0.15) is 37.8 Å². The Balaban J connectivity index is 2.65. The van der Waals surface area contributed by atoms with E-state index >= 15 is 0 Å². The van der Waals surface area contributed by atoms with E-state index in [1.54, 1.807) is 13.8 Å². The van der Waals surface area contributed by atoms with Gasteiger partial charge in [0, 0.05) is 6.54 Å². The van der Waals surface area contributed by atoms with Crippen molar-refractivity contribution in [3.05, 3.63) is 35.4 Å². The van der Waals surface area contributed by atoms with Crippen molar-refractivity contribution >= 4 is 11.9 Å². The summed E-state index contributed by atoms with van der Waals surface area (Å²) in [5, 5.41) is 11.8. The first-order valence-electron chi connectivity index (χ1n) is 7.31. The van der Waals surface area contributed by atoms with E-state index in [0.717, 1.165) is 12.1 Å². The van der Waals surface area contributed by atoms with E-state index in [1.807, 2.05) is 0 Å². The van der Waals surface area contributed by atoms with E-state index in [0.29, 0.717) is 18.4 Å². The maximum absolute atomic E-state index is 12.5. The lowest BCUT2D eigenvalue weighted by atomic mass is 9.82. The maximum atomic E-state index is 12.5. The molecule has 0 aliphatic carbocycles. The molecule has 4 nitrogen and oxygen atoms in total. The summed E-state index contributed by atoms with van der Waals surface area (Å²) in [5.41, 5.74) is -1.36. The molecule has 1 aromatic rings. The highest BCUT2D eigenvalue weighted by atomic mass is 19.4. The van der Waals surface area contributed by atoms with Gasteiger partial charge in [-0.05, 0) is 30.5 Å². The average molecular weight is 331 g/mol. The number of amides is 1. The van der Waals surface area contributed by atoms with Crippen LogP contribution in [0.3, 0.4) is 0 Å². The van der Waals surface area contributed by atoms with Crippen molar-refractivity contribution in [2.75, 3.05) is 6.54 Å². The van der Waals surface area contributed by atoms with Gasteiger partial charge in [0.25, 0.3) is 0 Å². The van der Waals surface area contributed by atoms with E-state index in [4.69, 9.17) is 0 Å². The molecule has 0 aromatic heterocycles. The van der Waals surface area contributed by atoms with Crippen LogP contribution in [0.25, 0.3) is 0 Å². The Morgan fingerprint density at radius 3 is 2.00 bits per heavy atom. The second kappa shape index (κ2) is 7.48. The number of carbonyl (C=O) groups is 2. The van der Waals surface area contributed by atoms with Crippen molar-refractivity contribution < 1.29 is 27.9 Å². The number of hydrogen-bond acceptors (Lipinski definition) is 2. The smallest absolute Gasteiger partial charge is 0.416 e. The highest BCUT2D eigenvalue weighted by Gasteiger charge is 2.35.